The zero-order chi connectivity index (χ0) is 18.2. The summed E-state index contributed by atoms with van der Waals surface area (Å²) in [7, 11) is -1.76. The van der Waals surface area contributed by atoms with Gasteiger partial charge >= 0.3 is 5.97 Å². The van der Waals surface area contributed by atoms with Gasteiger partial charge in [-0.15, -0.1) is 0 Å². The first-order valence-corrected chi connectivity index (χ1v) is 9.90. The number of aliphatic carboxylic acids is 1. The minimum atomic E-state index is -3.25. The molecule has 0 radical (unpaired) electrons. The van der Waals surface area contributed by atoms with E-state index in [2.05, 4.69) is 0 Å². The molecule has 1 aliphatic rings. The first kappa shape index (κ1) is 20.9. The second kappa shape index (κ2) is 9.95. The van der Waals surface area contributed by atoms with E-state index in [0.717, 1.165) is 6.42 Å². The smallest absolute Gasteiger partial charge is 0.323 e. The highest BCUT2D eigenvalue weighted by atomic mass is 32.2. The Morgan fingerprint density at radius 1 is 1.29 bits per heavy atom. The van der Waals surface area contributed by atoms with Crippen molar-refractivity contribution in [3.8, 4) is 0 Å². The number of hydrogen-bond donors (Lipinski definition) is 1. The molecule has 1 fully saturated rings. The fourth-order valence-electron chi connectivity index (χ4n) is 2.73. The van der Waals surface area contributed by atoms with Gasteiger partial charge in [-0.25, -0.2) is 12.7 Å². The molecule has 9 heteroatoms. The average molecular weight is 364 g/mol. The van der Waals surface area contributed by atoms with Crippen LogP contribution < -0.4 is 0 Å². The summed E-state index contributed by atoms with van der Waals surface area (Å²) in [6.07, 6.45) is 2.29. The average Bonchev–Trinajstić information content (AvgIpc) is 2.56. The summed E-state index contributed by atoms with van der Waals surface area (Å²) < 4.78 is 30.7. The molecule has 8 nitrogen and oxygen atoms in total. The number of nitrogens with zero attached hydrogens (tertiary/aromatic N) is 2. The quantitative estimate of drug-likeness (QED) is 0.601. The number of amides is 1. The molecule has 1 saturated heterocycles. The standard InChI is InChI=1S/C15H28N2O6S/c1-3-4-11-24(21,22)17-7-5-13(6-8-17)15(20)16(9-10-23-2)12-14(18)19/h13H,3-12H2,1-2H3,(H,18,19). The monoisotopic (exact) mass is 364 g/mol. The van der Waals surface area contributed by atoms with Gasteiger partial charge < -0.3 is 14.7 Å². The molecule has 24 heavy (non-hydrogen) atoms. The third-order valence-corrected chi connectivity index (χ3v) is 6.11. The minimum absolute atomic E-state index is 0.140. The van der Waals surface area contributed by atoms with Gasteiger partial charge in [0.15, 0.2) is 0 Å². The number of sulfonamides is 1. The summed E-state index contributed by atoms with van der Waals surface area (Å²) in [5, 5.41) is 8.94. The zero-order valence-corrected chi connectivity index (χ0v) is 15.3. The summed E-state index contributed by atoms with van der Waals surface area (Å²) in [6, 6.07) is 0. The summed E-state index contributed by atoms with van der Waals surface area (Å²) in [5.74, 6) is -1.50. The van der Waals surface area contributed by atoms with Gasteiger partial charge in [-0.3, -0.25) is 9.59 Å². The number of rotatable bonds is 10. The molecular formula is C15H28N2O6S. The molecule has 0 saturated carbocycles. The van der Waals surface area contributed by atoms with Crippen LogP contribution in [0, 0.1) is 5.92 Å². The Morgan fingerprint density at radius 3 is 2.42 bits per heavy atom. The normalized spacial score (nSPS) is 16.9. The zero-order valence-electron chi connectivity index (χ0n) is 14.4. The molecule has 1 N–H and O–H groups in total. The summed E-state index contributed by atoms with van der Waals surface area (Å²) in [4.78, 5) is 24.7. The van der Waals surface area contributed by atoms with Gasteiger partial charge in [0.1, 0.15) is 6.54 Å². The van der Waals surface area contributed by atoms with Crippen molar-refractivity contribution >= 4 is 21.9 Å². The Balaban J connectivity index is 2.61. The fraction of sp³-hybridized carbons (Fsp3) is 0.867. The molecule has 0 aromatic rings. The van der Waals surface area contributed by atoms with Crippen molar-refractivity contribution in [2.45, 2.75) is 32.6 Å². The molecule has 0 spiro atoms. The molecule has 0 bridgehead atoms. The van der Waals surface area contributed by atoms with Crippen LogP contribution in [-0.4, -0.2) is 80.3 Å². The molecule has 1 rings (SSSR count). The first-order chi connectivity index (χ1) is 11.3. The van der Waals surface area contributed by atoms with Gasteiger partial charge in [-0.2, -0.15) is 0 Å². The van der Waals surface area contributed by atoms with Crippen molar-refractivity contribution in [1.82, 2.24) is 9.21 Å². The van der Waals surface area contributed by atoms with Crippen molar-refractivity contribution < 1.29 is 27.9 Å². The van der Waals surface area contributed by atoms with Crippen LogP contribution in [0.5, 0.6) is 0 Å². The Bertz CT molecular complexity index is 514. The number of carboxylic acids is 1. The van der Waals surface area contributed by atoms with Crippen LogP contribution >= 0.6 is 0 Å². The maximum absolute atomic E-state index is 12.5. The van der Waals surface area contributed by atoms with Gasteiger partial charge in [0, 0.05) is 32.7 Å². The van der Waals surface area contributed by atoms with Crippen LogP contribution in [0.3, 0.4) is 0 Å². The van der Waals surface area contributed by atoms with Crippen molar-refractivity contribution in [3.63, 3.8) is 0 Å². The SMILES string of the molecule is CCCCS(=O)(=O)N1CCC(C(=O)N(CCOC)CC(=O)O)CC1. The Hall–Kier alpha value is -1.19. The maximum atomic E-state index is 12.5. The Morgan fingerprint density at radius 2 is 1.92 bits per heavy atom. The van der Waals surface area contributed by atoms with E-state index in [1.54, 1.807) is 0 Å². The van der Waals surface area contributed by atoms with E-state index in [0.29, 0.717) is 32.4 Å². The molecule has 0 aliphatic carbocycles. The van der Waals surface area contributed by atoms with Crippen molar-refractivity contribution in [1.29, 1.82) is 0 Å². The number of hydrogen-bond acceptors (Lipinski definition) is 5. The Labute approximate surface area is 143 Å². The number of methoxy groups -OCH3 is 1. The van der Waals surface area contributed by atoms with Crippen LogP contribution in [0.2, 0.25) is 0 Å². The van der Waals surface area contributed by atoms with E-state index in [4.69, 9.17) is 9.84 Å². The number of carbonyl (C=O) groups excluding carboxylic acids is 1. The molecule has 0 aromatic carbocycles. The molecule has 1 heterocycles. The first-order valence-electron chi connectivity index (χ1n) is 8.29. The summed E-state index contributed by atoms with van der Waals surface area (Å²) in [5.41, 5.74) is 0. The highest BCUT2D eigenvalue weighted by Crippen LogP contribution is 2.22. The number of carboxylic acid groups (broad SMARTS) is 1. The van der Waals surface area contributed by atoms with E-state index in [1.165, 1.54) is 16.3 Å². The molecule has 0 unspecified atom stereocenters. The van der Waals surface area contributed by atoms with Gasteiger partial charge in [0.2, 0.25) is 15.9 Å². The fourth-order valence-corrected chi connectivity index (χ4v) is 4.41. The number of piperidine rings is 1. The highest BCUT2D eigenvalue weighted by Gasteiger charge is 2.33. The van der Waals surface area contributed by atoms with Crippen LogP contribution in [0.15, 0.2) is 0 Å². The van der Waals surface area contributed by atoms with Crippen LogP contribution in [-0.2, 0) is 24.3 Å². The number of unbranched alkanes of at least 4 members (excludes halogenated alkanes) is 1. The molecule has 0 aromatic heterocycles. The third-order valence-electron chi connectivity index (χ3n) is 4.16. The molecule has 1 amide bonds. The molecule has 0 atom stereocenters. The molecular weight excluding hydrogens is 336 g/mol. The topological polar surface area (TPSA) is 104 Å². The lowest BCUT2D eigenvalue weighted by atomic mass is 9.96. The lowest BCUT2D eigenvalue weighted by Gasteiger charge is -2.33. The third kappa shape index (κ3) is 6.37. The van der Waals surface area contributed by atoms with Gasteiger partial charge in [-0.1, -0.05) is 13.3 Å². The predicted octanol–water partition coefficient (Wildman–Crippen LogP) is 0.388. The largest absolute Gasteiger partial charge is 0.480 e. The van der Waals surface area contributed by atoms with E-state index >= 15 is 0 Å². The van der Waals surface area contributed by atoms with Crippen LogP contribution in [0.1, 0.15) is 32.6 Å². The van der Waals surface area contributed by atoms with Gasteiger partial charge in [0.25, 0.3) is 0 Å². The van der Waals surface area contributed by atoms with Crippen LogP contribution in [0.25, 0.3) is 0 Å². The van der Waals surface area contributed by atoms with Crippen molar-refractivity contribution in [2.75, 3.05) is 45.6 Å². The lowest BCUT2D eigenvalue weighted by Crippen LogP contribution is -2.46. The predicted molar refractivity (Wildman–Crippen MR) is 89.1 cm³/mol. The van der Waals surface area contributed by atoms with E-state index in [-0.39, 0.29) is 37.3 Å². The van der Waals surface area contributed by atoms with E-state index in [1.807, 2.05) is 6.92 Å². The summed E-state index contributed by atoms with van der Waals surface area (Å²) in [6.45, 7) is 2.69. The van der Waals surface area contributed by atoms with Crippen molar-refractivity contribution in [3.05, 3.63) is 0 Å². The summed E-state index contributed by atoms with van der Waals surface area (Å²) >= 11 is 0. The highest BCUT2D eigenvalue weighted by molar-refractivity contribution is 7.89. The van der Waals surface area contributed by atoms with Gasteiger partial charge in [0.05, 0.1) is 12.4 Å². The number of ether oxygens (including phenoxy) is 1. The van der Waals surface area contributed by atoms with Gasteiger partial charge in [-0.05, 0) is 19.3 Å². The second-order valence-corrected chi connectivity index (χ2v) is 8.08. The lowest BCUT2D eigenvalue weighted by molar-refractivity contribution is -0.147. The van der Waals surface area contributed by atoms with E-state index < -0.39 is 16.0 Å². The molecule has 1 aliphatic heterocycles. The maximum Gasteiger partial charge on any atom is 0.323 e. The minimum Gasteiger partial charge on any atom is -0.480 e. The second-order valence-electron chi connectivity index (χ2n) is 5.99. The Kier molecular flexibility index (Phi) is 8.65. The van der Waals surface area contributed by atoms with Crippen LogP contribution in [0.4, 0.5) is 0 Å². The van der Waals surface area contributed by atoms with Crippen molar-refractivity contribution in [2.24, 2.45) is 5.92 Å². The number of carbonyl (C=O) groups is 2. The van der Waals surface area contributed by atoms with E-state index in [9.17, 15) is 18.0 Å². The molecule has 140 valence electrons.